The highest BCUT2D eigenvalue weighted by molar-refractivity contribution is 7.92. The number of hydrogen-bond acceptors (Lipinski definition) is 6. The molecule has 0 fully saturated rings. The van der Waals surface area contributed by atoms with Crippen molar-refractivity contribution in [2.24, 2.45) is 0 Å². The van der Waals surface area contributed by atoms with Crippen molar-refractivity contribution in [3.05, 3.63) is 41.9 Å². The van der Waals surface area contributed by atoms with Crippen LogP contribution in [0.15, 0.2) is 30.7 Å². The number of nitrogens with one attached hydrogen (secondary N) is 1. The van der Waals surface area contributed by atoms with Gasteiger partial charge in [0.2, 0.25) is 10.0 Å². The van der Waals surface area contributed by atoms with Crippen molar-refractivity contribution in [2.75, 3.05) is 41.4 Å². The number of nitrogens with zero attached hydrogens (tertiary/aromatic N) is 4. The molecule has 0 aliphatic carbocycles. The van der Waals surface area contributed by atoms with E-state index in [9.17, 15) is 13.2 Å². The van der Waals surface area contributed by atoms with Gasteiger partial charge >= 0.3 is 0 Å². The number of fused-ring (bicyclic) bond motifs is 1. The second kappa shape index (κ2) is 6.32. The van der Waals surface area contributed by atoms with Gasteiger partial charge in [-0.3, -0.25) is 9.10 Å². The summed E-state index contributed by atoms with van der Waals surface area (Å²) in [6.07, 6.45) is 4.72. The maximum atomic E-state index is 12.6. The molecule has 25 heavy (non-hydrogen) atoms. The normalized spacial score (nSPS) is 13.5. The molecular weight excluding hydrogens is 342 g/mol. The van der Waals surface area contributed by atoms with Gasteiger partial charge in [-0.15, -0.1) is 0 Å². The molecule has 1 aliphatic heterocycles. The zero-order valence-corrected chi connectivity index (χ0v) is 15.0. The van der Waals surface area contributed by atoms with Crippen LogP contribution >= 0.6 is 0 Å². The van der Waals surface area contributed by atoms with E-state index in [0.717, 1.165) is 5.56 Å². The average Bonchev–Trinajstić information content (AvgIpc) is 2.98. The Balaban J connectivity index is 1.86. The summed E-state index contributed by atoms with van der Waals surface area (Å²) in [5.74, 6) is 0.311. The molecule has 0 radical (unpaired) electrons. The van der Waals surface area contributed by atoms with Crippen LogP contribution in [0, 0.1) is 0 Å². The minimum absolute atomic E-state index is 0.293. The highest BCUT2D eigenvalue weighted by Crippen LogP contribution is 2.31. The van der Waals surface area contributed by atoms with E-state index in [1.165, 1.54) is 16.9 Å². The third kappa shape index (κ3) is 3.41. The van der Waals surface area contributed by atoms with Gasteiger partial charge in [0.05, 0.1) is 18.1 Å². The van der Waals surface area contributed by atoms with Crippen LogP contribution in [0.4, 0.5) is 17.2 Å². The number of carbonyl (C=O) groups excluding carboxylic acids is 1. The smallest absolute Gasteiger partial charge is 0.255 e. The maximum absolute atomic E-state index is 12.6. The van der Waals surface area contributed by atoms with E-state index >= 15 is 0 Å². The number of rotatable bonds is 4. The monoisotopic (exact) mass is 361 g/mol. The number of aromatic nitrogens is 2. The summed E-state index contributed by atoms with van der Waals surface area (Å²) in [6.45, 7) is 0.399. The Morgan fingerprint density at radius 2 is 2.08 bits per heavy atom. The molecule has 2 heterocycles. The summed E-state index contributed by atoms with van der Waals surface area (Å²) >= 11 is 0. The number of carbonyl (C=O) groups is 1. The Labute approximate surface area is 146 Å². The van der Waals surface area contributed by atoms with Crippen molar-refractivity contribution < 1.29 is 13.2 Å². The number of hydrogen-bond donors (Lipinski definition) is 1. The Kier molecular flexibility index (Phi) is 4.34. The predicted molar refractivity (Wildman–Crippen MR) is 96.6 cm³/mol. The predicted octanol–water partition coefficient (Wildman–Crippen LogP) is 1.12. The zero-order chi connectivity index (χ0) is 18.2. The SMILES string of the molecule is CN(C)c1ncncc1NC(=O)c1ccc2c(c1)CCN2S(C)(=O)=O. The van der Waals surface area contributed by atoms with E-state index in [4.69, 9.17) is 0 Å². The lowest BCUT2D eigenvalue weighted by Crippen LogP contribution is -2.27. The Bertz CT molecular complexity index is 927. The minimum Gasteiger partial charge on any atom is -0.361 e. The molecule has 1 aromatic heterocycles. The highest BCUT2D eigenvalue weighted by Gasteiger charge is 2.26. The van der Waals surface area contributed by atoms with Crippen molar-refractivity contribution >= 4 is 33.1 Å². The molecule has 0 saturated carbocycles. The van der Waals surface area contributed by atoms with Crippen LogP contribution in [0.3, 0.4) is 0 Å². The number of benzene rings is 1. The zero-order valence-electron chi connectivity index (χ0n) is 14.2. The fourth-order valence-electron chi connectivity index (χ4n) is 2.82. The second-order valence-electron chi connectivity index (χ2n) is 6.04. The Morgan fingerprint density at radius 1 is 1.32 bits per heavy atom. The van der Waals surface area contributed by atoms with Gasteiger partial charge in [-0.1, -0.05) is 0 Å². The van der Waals surface area contributed by atoms with Gasteiger partial charge in [-0.25, -0.2) is 18.4 Å². The molecule has 0 atom stereocenters. The van der Waals surface area contributed by atoms with E-state index in [1.54, 1.807) is 29.3 Å². The summed E-state index contributed by atoms with van der Waals surface area (Å²) in [7, 11) is 0.351. The molecule has 0 saturated heterocycles. The Hall–Kier alpha value is -2.68. The van der Waals surface area contributed by atoms with Crippen LogP contribution in [0.5, 0.6) is 0 Å². The third-order valence-corrected chi connectivity index (χ3v) is 5.14. The van der Waals surface area contributed by atoms with Crippen LogP contribution in [-0.2, 0) is 16.4 Å². The molecule has 9 heteroatoms. The fraction of sp³-hybridized carbons (Fsp3) is 0.312. The third-order valence-electron chi connectivity index (χ3n) is 3.96. The number of sulfonamides is 1. The lowest BCUT2D eigenvalue weighted by atomic mass is 10.1. The summed E-state index contributed by atoms with van der Waals surface area (Å²) in [5, 5.41) is 2.80. The lowest BCUT2D eigenvalue weighted by molar-refractivity contribution is 0.102. The molecule has 3 rings (SSSR count). The molecule has 8 nitrogen and oxygen atoms in total. The molecule has 1 N–H and O–H groups in total. The van der Waals surface area contributed by atoms with Crippen molar-refractivity contribution in [1.82, 2.24) is 9.97 Å². The lowest BCUT2D eigenvalue weighted by Gasteiger charge is -2.17. The van der Waals surface area contributed by atoms with Crippen LogP contribution in [0.1, 0.15) is 15.9 Å². The molecule has 1 amide bonds. The van der Waals surface area contributed by atoms with Gasteiger partial charge in [0.15, 0.2) is 5.82 Å². The van der Waals surface area contributed by atoms with Crippen molar-refractivity contribution in [2.45, 2.75) is 6.42 Å². The molecule has 132 valence electrons. The molecule has 1 aromatic carbocycles. The van der Waals surface area contributed by atoms with Crippen molar-refractivity contribution in [3.63, 3.8) is 0 Å². The van der Waals surface area contributed by atoms with Gasteiger partial charge in [0.25, 0.3) is 5.91 Å². The van der Waals surface area contributed by atoms with E-state index in [-0.39, 0.29) is 5.91 Å². The fourth-order valence-corrected chi connectivity index (χ4v) is 3.78. The largest absolute Gasteiger partial charge is 0.361 e. The van der Waals surface area contributed by atoms with Crippen LogP contribution in [0.25, 0.3) is 0 Å². The van der Waals surface area contributed by atoms with Crippen LogP contribution in [-0.4, -0.2) is 51.2 Å². The van der Waals surface area contributed by atoms with Crippen molar-refractivity contribution in [3.8, 4) is 0 Å². The standard InChI is InChI=1S/C16H19N5O3S/c1-20(2)15-13(9-17-10-18-15)19-16(22)12-4-5-14-11(8-12)6-7-21(14)25(3,23)24/h4-5,8-10H,6-7H2,1-3H3,(H,19,22). The first kappa shape index (κ1) is 17.2. The summed E-state index contributed by atoms with van der Waals surface area (Å²) < 4.78 is 24.9. The molecular formula is C16H19N5O3S. The first-order chi connectivity index (χ1) is 11.8. The topological polar surface area (TPSA) is 95.5 Å². The summed E-state index contributed by atoms with van der Waals surface area (Å²) in [6, 6.07) is 5.03. The number of amides is 1. The van der Waals surface area contributed by atoms with Gasteiger partial charge < -0.3 is 10.2 Å². The van der Waals surface area contributed by atoms with Crippen LogP contribution < -0.4 is 14.5 Å². The maximum Gasteiger partial charge on any atom is 0.255 e. The summed E-state index contributed by atoms with van der Waals surface area (Å²) in [5.41, 5.74) is 2.45. The minimum atomic E-state index is -3.30. The molecule has 2 aromatic rings. The quantitative estimate of drug-likeness (QED) is 0.877. The van der Waals surface area contributed by atoms with E-state index in [1.807, 2.05) is 14.1 Å². The first-order valence-electron chi connectivity index (χ1n) is 7.66. The molecule has 0 bridgehead atoms. The van der Waals surface area contributed by atoms with Gasteiger partial charge in [-0.2, -0.15) is 0 Å². The highest BCUT2D eigenvalue weighted by atomic mass is 32.2. The van der Waals surface area contributed by atoms with E-state index in [0.29, 0.717) is 35.7 Å². The number of anilines is 3. The molecule has 0 unspecified atom stereocenters. The summed E-state index contributed by atoms with van der Waals surface area (Å²) in [4.78, 5) is 22.4. The van der Waals surface area contributed by atoms with Gasteiger partial charge in [-0.05, 0) is 30.2 Å². The first-order valence-corrected chi connectivity index (χ1v) is 9.51. The molecule has 1 aliphatic rings. The molecule has 0 spiro atoms. The van der Waals surface area contributed by atoms with Gasteiger partial charge in [0.1, 0.15) is 12.0 Å². The van der Waals surface area contributed by atoms with Gasteiger partial charge in [0, 0.05) is 26.2 Å². The van der Waals surface area contributed by atoms with Crippen molar-refractivity contribution in [1.29, 1.82) is 0 Å². The Morgan fingerprint density at radius 3 is 2.76 bits per heavy atom. The van der Waals surface area contributed by atoms with E-state index < -0.39 is 10.0 Å². The average molecular weight is 361 g/mol. The van der Waals surface area contributed by atoms with E-state index in [2.05, 4.69) is 15.3 Å². The second-order valence-corrected chi connectivity index (χ2v) is 7.94. The van der Waals surface area contributed by atoms with Crippen LogP contribution in [0.2, 0.25) is 0 Å².